The molecule has 2 atom stereocenters. The van der Waals surface area contributed by atoms with Gasteiger partial charge in [-0.15, -0.1) is 6.58 Å². The first-order valence-electron chi connectivity index (χ1n) is 6.23. The molecule has 1 N–H and O–H groups in total. The van der Waals surface area contributed by atoms with E-state index in [2.05, 4.69) is 44.5 Å². The van der Waals surface area contributed by atoms with Crippen molar-refractivity contribution in [3.8, 4) is 0 Å². The van der Waals surface area contributed by atoms with Gasteiger partial charge in [0.05, 0.1) is 0 Å². The number of benzene rings is 1. The van der Waals surface area contributed by atoms with Crippen molar-refractivity contribution < 1.29 is 0 Å². The van der Waals surface area contributed by atoms with E-state index in [4.69, 9.17) is 0 Å². The van der Waals surface area contributed by atoms with Crippen LogP contribution in [0.3, 0.4) is 0 Å². The number of rotatable bonds is 7. The molecule has 92 valence electrons. The maximum absolute atomic E-state index is 4.07. The van der Waals surface area contributed by atoms with Crippen molar-refractivity contribution in [3.05, 3.63) is 55.1 Å². The molecule has 0 saturated carbocycles. The molecule has 1 aromatic carbocycles. The third kappa shape index (κ3) is 4.90. The van der Waals surface area contributed by atoms with Crippen LogP contribution in [0.25, 0.3) is 0 Å². The Kier molecular flexibility index (Phi) is 5.55. The zero-order valence-electron chi connectivity index (χ0n) is 10.9. The summed E-state index contributed by atoms with van der Waals surface area (Å²) >= 11 is 0. The Morgan fingerprint density at radius 2 is 1.94 bits per heavy atom. The Bertz CT molecular complexity index is 353. The minimum absolute atomic E-state index is 0.347. The highest BCUT2D eigenvalue weighted by Gasteiger charge is 2.10. The van der Waals surface area contributed by atoms with Gasteiger partial charge < -0.3 is 5.32 Å². The largest absolute Gasteiger partial charge is 0.379 e. The average Bonchev–Trinajstić information content (AvgIpc) is 2.34. The van der Waals surface area contributed by atoms with E-state index in [1.807, 2.05) is 24.3 Å². The molecule has 17 heavy (non-hydrogen) atoms. The fourth-order valence-electron chi connectivity index (χ4n) is 1.72. The molecular weight excluding hydrogens is 206 g/mol. The SMILES string of the molecule is C=CC(C)CCC(Nc1ccccc1)C(=C)C. The van der Waals surface area contributed by atoms with Crippen molar-refractivity contribution in [2.24, 2.45) is 5.92 Å². The molecule has 0 spiro atoms. The lowest BCUT2D eigenvalue weighted by atomic mass is 9.98. The summed E-state index contributed by atoms with van der Waals surface area (Å²) in [5.74, 6) is 0.564. The van der Waals surface area contributed by atoms with Crippen molar-refractivity contribution in [1.29, 1.82) is 0 Å². The van der Waals surface area contributed by atoms with E-state index in [1.54, 1.807) is 0 Å². The maximum Gasteiger partial charge on any atom is 0.0468 e. The van der Waals surface area contributed by atoms with E-state index in [0.29, 0.717) is 12.0 Å². The van der Waals surface area contributed by atoms with E-state index in [0.717, 1.165) is 18.5 Å². The normalized spacial score (nSPS) is 13.8. The molecule has 0 fully saturated rings. The molecule has 0 radical (unpaired) electrons. The van der Waals surface area contributed by atoms with Crippen molar-refractivity contribution in [3.63, 3.8) is 0 Å². The minimum Gasteiger partial charge on any atom is -0.379 e. The lowest BCUT2D eigenvalue weighted by molar-refractivity contribution is 0.578. The van der Waals surface area contributed by atoms with Gasteiger partial charge in [0.15, 0.2) is 0 Å². The van der Waals surface area contributed by atoms with E-state index < -0.39 is 0 Å². The summed E-state index contributed by atoms with van der Waals surface area (Å²) in [5, 5.41) is 3.52. The number of hydrogen-bond donors (Lipinski definition) is 1. The van der Waals surface area contributed by atoms with E-state index in [1.165, 1.54) is 5.57 Å². The molecule has 1 heteroatoms. The molecule has 0 amide bonds. The fourth-order valence-corrected chi connectivity index (χ4v) is 1.72. The fraction of sp³-hybridized carbons (Fsp3) is 0.375. The summed E-state index contributed by atoms with van der Waals surface area (Å²) in [7, 11) is 0. The van der Waals surface area contributed by atoms with Gasteiger partial charge in [-0.1, -0.05) is 43.4 Å². The smallest absolute Gasteiger partial charge is 0.0468 e. The van der Waals surface area contributed by atoms with Crippen LogP contribution < -0.4 is 5.32 Å². The second-order valence-electron chi connectivity index (χ2n) is 4.70. The minimum atomic E-state index is 0.347. The van der Waals surface area contributed by atoms with Crippen molar-refractivity contribution in [2.45, 2.75) is 32.7 Å². The predicted molar refractivity (Wildman–Crippen MR) is 77.3 cm³/mol. The van der Waals surface area contributed by atoms with E-state index >= 15 is 0 Å². The van der Waals surface area contributed by atoms with Gasteiger partial charge in [-0.3, -0.25) is 0 Å². The van der Waals surface area contributed by atoms with E-state index in [-0.39, 0.29) is 0 Å². The van der Waals surface area contributed by atoms with Crippen LogP contribution in [0.4, 0.5) is 5.69 Å². The van der Waals surface area contributed by atoms with Crippen molar-refractivity contribution in [1.82, 2.24) is 0 Å². The summed E-state index contributed by atoms with van der Waals surface area (Å²) in [6.07, 6.45) is 4.25. The lowest BCUT2D eigenvalue weighted by Gasteiger charge is -2.21. The second kappa shape index (κ2) is 6.95. The zero-order chi connectivity index (χ0) is 12.7. The van der Waals surface area contributed by atoms with Gasteiger partial charge in [0.1, 0.15) is 0 Å². The van der Waals surface area contributed by atoms with Gasteiger partial charge in [0, 0.05) is 11.7 Å². The van der Waals surface area contributed by atoms with E-state index in [9.17, 15) is 0 Å². The van der Waals surface area contributed by atoms with Crippen LogP contribution in [0.1, 0.15) is 26.7 Å². The average molecular weight is 229 g/mol. The molecule has 2 unspecified atom stereocenters. The van der Waals surface area contributed by atoms with Crippen LogP contribution in [0.5, 0.6) is 0 Å². The molecule has 1 aromatic rings. The topological polar surface area (TPSA) is 12.0 Å². The summed E-state index contributed by atoms with van der Waals surface area (Å²) in [6, 6.07) is 10.6. The van der Waals surface area contributed by atoms with Crippen molar-refractivity contribution in [2.75, 3.05) is 5.32 Å². The molecule has 0 aliphatic rings. The molecule has 0 heterocycles. The van der Waals surface area contributed by atoms with Crippen LogP contribution >= 0.6 is 0 Å². The number of allylic oxidation sites excluding steroid dienone is 1. The zero-order valence-corrected chi connectivity index (χ0v) is 10.9. The van der Waals surface area contributed by atoms with Gasteiger partial charge in [-0.2, -0.15) is 0 Å². The van der Waals surface area contributed by atoms with Crippen LogP contribution in [-0.4, -0.2) is 6.04 Å². The first-order valence-corrected chi connectivity index (χ1v) is 6.23. The van der Waals surface area contributed by atoms with Gasteiger partial charge in [0.25, 0.3) is 0 Å². The Labute approximate surface area is 105 Å². The maximum atomic E-state index is 4.07. The monoisotopic (exact) mass is 229 g/mol. The van der Waals surface area contributed by atoms with Gasteiger partial charge >= 0.3 is 0 Å². The van der Waals surface area contributed by atoms with Crippen LogP contribution in [0.2, 0.25) is 0 Å². The molecule has 0 bridgehead atoms. The van der Waals surface area contributed by atoms with Gasteiger partial charge in [-0.05, 0) is 37.8 Å². The first-order chi connectivity index (χ1) is 8.13. The molecule has 0 saturated heterocycles. The van der Waals surface area contributed by atoms with Crippen molar-refractivity contribution >= 4 is 5.69 Å². The molecule has 0 aromatic heterocycles. The molecule has 0 aliphatic carbocycles. The number of para-hydroxylation sites is 1. The highest BCUT2D eigenvalue weighted by atomic mass is 14.9. The molecule has 1 nitrogen and oxygen atoms in total. The Hall–Kier alpha value is -1.50. The van der Waals surface area contributed by atoms with Gasteiger partial charge in [0.2, 0.25) is 0 Å². The predicted octanol–water partition coefficient (Wildman–Crippen LogP) is 4.65. The third-order valence-electron chi connectivity index (χ3n) is 3.02. The summed E-state index contributed by atoms with van der Waals surface area (Å²) in [4.78, 5) is 0. The highest BCUT2D eigenvalue weighted by Crippen LogP contribution is 2.17. The van der Waals surface area contributed by atoms with Gasteiger partial charge in [-0.25, -0.2) is 0 Å². The van der Waals surface area contributed by atoms with Crippen LogP contribution in [0, 0.1) is 5.92 Å². The molecule has 1 rings (SSSR count). The molecular formula is C16H23N. The number of anilines is 1. The van der Waals surface area contributed by atoms with Crippen LogP contribution in [0.15, 0.2) is 55.1 Å². The summed E-state index contributed by atoms with van der Waals surface area (Å²) in [5.41, 5.74) is 2.34. The third-order valence-corrected chi connectivity index (χ3v) is 3.02. The quantitative estimate of drug-likeness (QED) is 0.671. The summed E-state index contributed by atoms with van der Waals surface area (Å²) < 4.78 is 0. The highest BCUT2D eigenvalue weighted by molar-refractivity contribution is 5.45. The number of hydrogen-bond acceptors (Lipinski definition) is 1. The van der Waals surface area contributed by atoms with Crippen LogP contribution in [-0.2, 0) is 0 Å². The standard InChI is InChI=1S/C16H23N/c1-5-14(4)11-12-16(13(2)3)17-15-9-7-6-8-10-15/h5-10,14,16-17H,1-2,11-12H2,3-4H3. The Balaban J connectivity index is 2.55. The first kappa shape index (κ1) is 13.6. The molecule has 0 aliphatic heterocycles. The Morgan fingerprint density at radius 1 is 1.29 bits per heavy atom. The second-order valence-corrected chi connectivity index (χ2v) is 4.70. The Morgan fingerprint density at radius 3 is 2.47 bits per heavy atom. The summed E-state index contributed by atoms with van der Waals surface area (Å²) in [6.45, 7) is 12.2. The number of nitrogens with one attached hydrogen (secondary N) is 1. The lowest BCUT2D eigenvalue weighted by Crippen LogP contribution is -2.21.